The fourth-order valence-electron chi connectivity index (χ4n) is 4.00. The van der Waals surface area contributed by atoms with Crippen LogP contribution in [0.3, 0.4) is 0 Å². The van der Waals surface area contributed by atoms with Crippen molar-refractivity contribution in [3.63, 3.8) is 0 Å². The number of fused-ring (bicyclic) bond motifs is 1. The predicted octanol–water partition coefficient (Wildman–Crippen LogP) is 3.73. The van der Waals surface area contributed by atoms with Crippen molar-refractivity contribution < 1.29 is 12.8 Å². The molecule has 4 aromatic rings. The lowest BCUT2D eigenvalue weighted by Crippen LogP contribution is -2.47. The van der Waals surface area contributed by atoms with Crippen LogP contribution in [0, 0.1) is 5.82 Å². The molecule has 1 fully saturated rings. The highest BCUT2D eigenvalue weighted by Crippen LogP contribution is 2.30. The van der Waals surface area contributed by atoms with Gasteiger partial charge in [0.2, 0.25) is 0 Å². The number of nitrogens with one attached hydrogen (secondary N) is 1. The molecule has 0 radical (unpaired) electrons. The molecule has 0 amide bonds. The molecule has 1 aliphatic heterocycles. The van der Waals surface area contributed by atoms with Crippen molar-refractivity contribution >= 4 is 57.1 Å². The lowest BCUT2D eigenvalue weighted by Gasteiger charge is -2.37. The number of H-pyrrole nitrogens is 1. The Bertz CT molecular complexity index is 1390. The molecule has 1 aliphatic rings. The molecular formula is C22H23Cl2FN6O2S. The molecule has 0 aliphatic carbocycles. The van der Waals surface area contributed by atoms with Crippen LogP contribution >= 0.6 is 24.8 Å². The molecular weight excluding hydrogens is 502 g/mol. The average Bonchev–Trinajstić information content (AvgIpc) is 3.32. The SMILES string of the molecule is CS(=O)(=O)c1cc(F)cc(N2CCN(c3ncnc4ccc(-c5cn[nH]c5)cc34)CC2)c1.Cl.Cl. The van der Waals surface area contributed by atoms with E-state index in [4.69, 9.17) is 0 Å². The maximum absolute atomic E-state index is 14.1. The topological polar surface area (TPSA) is 95.1 Å². The minimum atomic E-state index is -3.49. The van der Waals surface area contributed by atoms with Crippen LogP contribution in [0.15, 0.2) is 60.0 Å². The quantitative estimate of drug-likeness (QED) is 0.434. The number of halogens is 3. The highest BCUT2D eigenvalue weighted by Gasteiger charge is 2.22. The Labute approximate surface area is 208 Å². The Morgan fingerprint density at radius 1 is 0.941 bits per heavy atom. The summed E-state index contributed by atoms with van der Waals surface area (Å²) in [5.74, 6) is 0.287. The smallest absolute Gasteiger partial charge is 0.175 e. The third-order valence-electron chi connectivity index (χ3n) is 5.67. The van der Waals surface area contributed by atoms with Crippen LogP contribution in [0.1, 0.15) is 0 Å². The molecule has 1 saturated heterocycles. The van der Waals surface area contributed by atoms with Gasteiger partial charge in [0.25, 0.3) is 0 Å². The Morgan fingerprint density at radius 3 is 2.35 bits per heavy atom. The summed E-state index contributed by atoms with van der Waals surface area (Å²) in [7, 11) is -3.49. The Hall–Kier alpha value is -2.95. The van der Waals surface area contributed by atoms with Crippen LogP contribution in [-0.2, 0) is 9.84 Å². The maximum atomic E-state index is 14.1. The average molecular weight is 525 g/mol. The van der Waals surface area contributed by atoms with Crippen LogP contribution in [-0.4, -0.2) is 61.0 Å². The summed E-state index contributed by atoms with van der Waals surface area (Å²) in [6.07, 6.45) is 6.26. The van der Waals surface area contributed by atoms with Crippen LogP contribution in [0.2, 0.25) is 0 Å². The molecule has 5 rings (SSSR count). The van der Waals surface area contributed by atoms with E-state index in [0.29, 0.717) is 31.9 Å². The van der Waals surface area contributed by atoms with Gasteiger partial charge in [0.05, 0.1) is 16.6 Å². The minimum Gasteiger partial charge on any atom is -0.368 e. The number of nitrogens with zero attached hydrogens (tertiary/aromatic N) is 5. The fraction of sp³-hybridized carbons (Fsp3) is 0.227. The number of aromatic nitrogens is 4. The lowest BCUT2D eigenvalue weighted by atomic mass is 10.1. The van der Waals surface area contributed by atoms with Gasteiger partial charge >= 0.3 is 0 Å². The summed E-state index contributed by atoms with van der Waals surface area (Å²) >= 11 is 0. The van der Waals surface area contributed by atoms with Gasteiger partial charge in [-0.1, -0.05) is 6.07 Å². The number of benzene rings is 2. The molecule has 0 spiro atoms. The Kier molecular flexibility index (Phi) is 7.64. The molecule has 1 N–H and O–H groups in total. The largest absolute Gasteiger partial charge is 0.368 e. The highest BCUT2D eigenvalue weighted by molar-refractivity contribution is 7.90. The third kappa shape index (κ3) is 5.08. The zero-order valence-electron chi connectivity index (χ0n) is 18.2. The summed E-state index contributed by atoms with van der Waals surface area (Å²) in [6, 6.07) is 10.0. The van der Waals surface area contributed by atoms with Gasteiger partial charge in [-0.15, -0.1) is 24.8 Å². The van der Waals surface area contributed by atoms with Crippen LogP contribution < -0.4 is 9.80 Å². The van der Waals surface area contributed by atoms with Gasteiger partial charge in [-0.25, -0.2) is 22.8 Å². The van der Waals surface area contributed by atoms with Gasteiger partial charge in [0, 0.05) is 55.3 Å². The van der Waals surface area contributed by atoms with Gasteiger partial charge in [-0.3, -0.25) is 5.10 Å². The van der Waals surface area contributed by atoms with Gasteiger partial charge in [-0.05, 0) is 35.9 Å². The van der Waals surface area contributed by atoms with Crippen molar-refractivity contribution in [2.75, 3.05) is 42.2 Å². The third-order valence-corrected chi connectivity index (χ3v) is 6.77. The van der Waals surface area contributed by atoms with E-state index in [1.54, 1.807) is 12.5 Å². The summed E-state index contributed by atoms with van der Waals surface area (Å²) in [5, 5.41) is 7.80. The first kappa shape index (κ1) is 25.7. The van der Waals surface area contributed by atoms with E-state index >= 15 is 0 Å². The molecule has 0 saturated carbocycles. The molecule has 0 unspecified atom stereocenters. The van der Waals surface area contributed by atoms with E-state index in [2.05, 4.69) is 31.1 Å². The van der Waals surface area contributed by atoms with E-state index in [-0.39, 0.29) is 29.7 Å². The van der Waals surface area contributed by atoms with Crippen molar-refractivity contribution in [2.45, 2.75) is 4.90 Å². The number of sulfone groups is 1. The van der Waals surface area contributed by atoms with E-state index in [9.17, 15) is 12.8 Å². The van der Waals surface area contributed by atoms with Gasteiger partial charge in [-0.2, -0.15) is 5.10 Å². The summed E-state index contributed by atoms with van der Waals surface area (Å²) in [5.41, 5.74) is 3.43. The van der Waals surface area contributed by atoms with Gasteiger partial charge in [0.1, 0.15) is 18.0 Å². The molecule has 34 heavy (non-hydrogen) atoms. The molecule has 12 heteroatoms. The maximum Gasteiger partial charge on any atom is 0.175 e. The number of anilines is 2. The summed E-state index contributed by atoms with van der Waals surface area (Å²) in [6.45, 7) is 2.54. The molecule has 180 valence electrons. The second kappa shape index (κ2) is 10.1. The second-order valence-electron chi connectivity index (χ2n) is 7.81. The van der Waals surface area contributed by atoms with E-state index in [1.807, 2.05) is 23.2 Å². The standard InChI is InChI=1S/C22H21FN6O2S.2ClH/c1-32(30,31)19-10-17(23)9-18(11-19)28-4-6-29(7-5-28)22-20-8-15(16-12-26-27-13-16)2-3-21(20)24-14-25-22;;/h2-3,8-14H,4-7H2,1H3,(H,26,27);2*1H. The first-order valence-electron chi connectivity index (χ1n) is 10.1. The lowest BCUT2D eigenvalue weighted by molar-refractivity contribution is 0.594. The van der Waals surface area contributed by atoms with Crippen LogP contribution in [0.5, 0.6) is 0 Å². The number of piperazine rings is 1. The normalized spacial score (nSPS) is 13.9. The fourth-order valence-corrected chi connectivity index (χ4v) is 4.67. The van der Waals surface area contributed by atoms with Crippen molar-refractivity contribution in [3.8, 4) is 11.1 Å². The number of rotatable bonds is 4. The minimum absolute atomic E-state index is 0. The first-order valence-corrected chi connectivity index (χ1v) is 12.0. The number of hydrogen-bond donors (Lipinski definition) is 1. The summed E-state index contributed by atoms with van der Waals surface area (Å²) in [4.78, 5) is 13.1. The first-order chi connectivity index (χ1) is 15.4. The molecule has 2 aromatic heterocycles. The van der Waals surface area contributed by atoms with Gasteiger partial charge < -0.3 is 9.80 Å². The van der Waals surface area contributed by atoms with Crippen molar-refractivity contribution in [2.24, 2.45) is 0 Å². The van der Waals surface area contributed by atoms with E-state index < -0.39 is 15.7 Å². The molecule has 3 heterocycles. The van der Waals surface area contributed by atoms with E-state index in [0.717, 1.165) is 40.2 Å². The van der Waals surface area contributed by atoms with E-state index in [1.165, 1.54) is 12.1 Å². The Balaban J connectivity index is 0.00000162. The van der Waals surface area contributed by atoms with Crippen molar-refractivity contribution in [1.29, 1.82) is 0 Å². The zero-order valence-corrected chi connectivity index (χ0v) is 20.6. The zero-order chi connectivity index (χ0) is 22.3. The number of hydrogen-bond acceptors (Lipinski definition) is 7. The molecule has 2 aromatic carbocycles. The Morgan fingerprint density at radius 2 is 1.68 bits per heavy atom. The second-order valence-corrected chi connectivity index (χ2v) is 9.82. The van der Waals surface area contributed by atoms with Crippen LogP contribution in [0.25, 0.3) is 22.0 Å². The highest BCUT2D eigenvalue weighted by atomic mass is 35.5. The van der Waals surface area contributed by atoms with Crippen molar-refractivity contribution in [1.82, 2.24) is 20.2 Å². The summed E-state index contributed by atoms with van der Waals surface area (Å²) < 4.78 is 37.8. The van der Waals surface area contributed by atoms with Crippen LogP contribution in [0.4, 0.5) is 15.9 Å². The van der Waals surface area contributed by atoms with Crippen molar-refractivity contribution in [3.05, 3.63) is 60.9 Å². The molecule has 0 bridgehead atoms. The predicted molar refractivity (Wildman–Crippen MR) is 136 cm³/mol. The molecule has 0 atom stereocenters. The van der Waals surface area contributed by atoms with Gasteiger partial charge in [0.15, 0.2) is 9.84 Å². The number of aromatic amines is 1. The molecule has 8 nitrogen and oxygen atoms in total. The monoisotopic (exact) mass is 524 g/mol.